The fourth-order valence-corrected chi connectivity index (χ4v) is 2.10. The molecule has 80 valence electrons. The molecule has 2 heteroatoms. The minimum Gasteiger partial charge on any atom is -0.370 e. The molecule has 0 aromatic rings. The van der Waals surface area contributed by atoms with Gasteiger partial charge in [-0.25, -0.2) is 0 Å². The van der Waals surface area contributed by atoms with Crippen LogP contribution in [0, 0.1) is 0 Å². The number of rotatable bonds is 5. The van der Waals surface area contributed by atoms with Crippen LogP contribution in [-0.4, -0.2) is 18.5 Å². The number of ether oxygens (including phenoxy) is 1. The maximum Gasteiger partial charge on any atom is 0.164 e. The molecule has 1 saturated carbocycles. The van der Waals surface area contributed by atoms with E-state index in [9.17, 15) is 4.79 Å². The fourth-order valence-electron chi connectivity index (χ4n) is 2.10. The van der Waals surface area contributed by atoms with E-state index in [2.05, 4.69) is 6.58 Å². The number of allylic oxidation sites excluding steroid dienone is 1. The lowest BCUT2D eigenvalue weighted by Gasteiger charge is -2.25. The van der Waals surface area contributed by atoms with Crippen LogP contribution in [0.2, 0.25) is 0 Å². The van der Waals surface area contributed by atoms with Gasteiger partial charge in [0.05, 0.1) is 0 Å². The summed E-state index contributed by atoms with van der Waals surface area (Å²) < 4.78 is 5.41. The highest BCUT2D eigenvalue weighted by molar-refractivity contribution is 5.87. The first kappa shape index (κ1) is 11.4. The number of hydrogen-bond donors (Lipinski definition) is 0. The number of methoxy groups -OCH3 is 1. The van der Waals surface area contributed by atoms with Gasteiger partial charge in [0, 0.05) is 13.5 Å². The van der Waals surface area contributed by atoms with E-state index in [1.807, 2.05) is 6.92 Å². The number of carbonyl (C=O) groups is 1. The molecule has 14 heavy (non-hydrogen) atoms. The maximum atomic E-state index is 11.9. The van der Waals surface area contributed by atoms with Gasteiger partial charge in [-0.15, -0.1) is 6.58 Å². The first-order valence-corrected chi connectivity index (χ1v) is 5.33. The minimum absolute atomic E-state index is 0.264. The molecule has 0 bridgehead atoms. The predicted octanol–water partition coefficient (Wildman–Crippen LogP) is 2.87. The first-order valence-electron chi connectivity index (χ1n) is 5.33. The van der Waals surface area contributed by atoms with Crippen molar-refractivity contribution in [3.8, 4) is 0 Å². The average molecular weight is 196 g/mol. The van der Waals surface area contributed by atoms with E-state index in [0.717, 1.165) is 37.7 Å². The highest BCUT2D eigenvalue weighted by atomic mass is 16.5. The first-order chi connectivity index (χ1) is 6.60. The second kappa shape index (κ2) is 4.74. The monoisotopic (exact) mass is 196 g/mol. The third-order valence-corrected chi connectivity index (χ3v) is 3.09. The molecule has 0 saturated heterocycles. The van der Waals surface area contributed by atoms with E-state index in [-0.39, 0.29) is 5.78 Å². The molecular weight excluding hydrogens is 176 g/mol. The van der Waals surface area contributed by atoms with E-state index < -0.39 is 5.60 Å². The van der Waals surface area contributed by atoms with Crippen LogP contribution >= 0.6 is 0 Å². The van der Waals surface area contributed by atoms with Crippen molar-refractivity contribution in [3.05, 3.63) is 12.2 Å². The Labute approximate surface area is 86.3 Å². The second-order valence-electron chi connectivity index (χ2n) is 4.29. The summed E-state index contributed by atoms with van der Waals surface area (Å²) >= 11 is 0. The van der Waals surface area contributed by atoms with Crippen molar-refractivity contribution in [1.82, 2.24) is 0 Å². The van der Waals surface area contributed by atoms with Crippen LogP contribution in [0.5, 0.6) is 0 Å². The van der Waals surface area contributed by atoms with E-state index in [0.29, 0.717) is 6.42 Å². The number of carbonyl (C=O) groups excluding carboxylic acids is 1. The average Bonchev–Trinajstić information content (AvgIpc) is 2.63. The highest BCUT2D eigenvalue weighted by Crippen LogP contribution is 2.34. The Morgan fingerprint density at radius 1 is 1.36 bits per heavy atom. The lowest BCUT2D eigenvalue weighted by molar-refractivity contribution is -0.140. The summed E-state index contributed by atoms with van der Waals surface area (Å²) in [6.45, 7) is 5.77. The summed E-state index contributed by atoms with van der Waals surface area (Å²) in [7, 11) is 1.66. The zero-order valence-corrected chi connectivity index (χ0v) is 9.27. The smallest absolute Gasteiger partial charge is 0.164 e. The van der Waals surface area contributed by atoms with Crippen molar-refractivity contribution < 1.29 is 9.53 Å². The Morgan fingerprint density at radius 2 is 1.93 bits per heavy atom. The standard InChI is InChI=1S/C12H20O2/c1-10(2)6-7-11(13)12(14-3)8-4-5-9-12/h1,4-9H2,2-3H3. The van der Waals surface area contributed by atoms with Gasteiger partial charge in [0.25, 0.3) is 0 Å². The van der Waals surface area contributed by atoms with Crippen LogP contribution in [0.15, 0.2) is 12.2 Å². The van der Waals surface area contributed by atoms with Crippen molar-refractivity contribution in [2.24, 2.45) is 0 Å². The quantitative estimate of drug-likeness (QED) is 0.632. The van der Waals surface area contributed by atoms with Crippen LogP contribution in [0.3, 0.4) is 0 Å². The van der Waals surface area contributed by atoms with Gasteiger partial charge in [-0.05, 0) is 39.0 Å². The van der Waals surface area contributed by atoms with Crippen LogP contribution in [0.25, 0.3) is 0 Å². The molecule has 0 unspecified atom stereocenters. The van der Waals surface area contributed by atoms with Crippen LogP contribution < -0.4 is 0 Å². The van der Waals surface area contributed by atoms with E-state index in [4.69, 9.17) is 4.74 Å². The largest absolute Gasteiger partial charge is 0.370 e. The molecule has 1 fully saturated rings. The molecule has 0 aromatic carbocycles. The lowest BCUT2D eigenvalue weighted by Crippen LogP contribution is -2.37. The third kappa shape index (κ3) is 2.44. The van der Waals surface area contributed by atoms with Crippen molar-refractivity contribution in [2.75, 3.05) is 7.11 Å². The Bertz CT molecular complexity index is 224. The Morgan fingerprint density at radius 3 is 2.36 bits per heavy atom. The van der Waals surface area contributed by atoms with Gasteiger partial charge in [-0.1, -0.05) is 5.57 Å². The minimum atomic E-state index is -0.449. The molecule has 1 rings (SSSR count). The number of Topliss-reactive ketones (excluding diaryl/α,β-unsaturated/α-hetero) is 1. The Kier molecular flexibility index (Phi) is 3.87. The molecule has 0 aromatic heterocycles. The molecule has 1 aliphatic carbocycles. The molecule has 0 amide bonds. The molecule has 0 radical (unpaired) electrons. The molecule has 0 spiro atoms. The van der Waals surface area contributed by atoms with Gasteiger partial charge in [0.15, 0.2) is 5.78 Å². The summed E-state index contributed by atoms with van der Waals surface area (Å²) in [5.41, 5.74) is 0.623. The third-order valence-electron chi connectivity index (χ3n) is 3.09. The van der Waals surface area contributed by atoms with E-state index >= 15 is 0 Å². The van der Waals surface area contributed by atoms with E-state index in [1.54, 1.807) is 7.11 Å². The summed E-state index contributed by atoms with van der Waals surface area (Å²) in [5.74, 6) is 0.264. The second-order valence-corrected chi connectivity index (χ2v) is 4.29. The molecule has 1 aliphatic rings. The highest BCUT2D eigenvalue weighted by Gasteiger charge is 2.40. The SMILES string of the molecule is C=C(C)CCC(=O)C1(OC)CCCC1. The predicted molar refractivity (Wildman–Crippen MR) is 57.3 cm³/mol. The molecular formula is C12H20O2. The van der Waals surface area contributed by atoms with Crippen LogP contribution in [-0.2, 0) is 9.53 Å². The zero-order chi connectivity index (χ0) is 10.6. The topological polar surface area (TPSA) is 26.3 Å². The number of ketones is 1. The fraction of sp³-hybridized carbons (Fsp3) is 0.750. The summed E-state index contributed by atoms with van der Waals surface area (Å²) in [4.78, 5) is 11.9. The van der Waals surface area contributed by atoms with Crippen molar-refractivity contribution in [1.29, 1.82) is 0 Å². The van der Waals surface area contributed by atoms with Crippen LogP contribution in [0.4, 0.5) is 0 Å². The maximum absolute atomic E-state index is 11.9. The summed E-state index contributed by atoms with van der Waals surface area (Å²) in [6, 6.07) is 0. The van der Waals surface area contributed by atoms with E-state index in [1.165, 1.54) is 0 Å². The van der Waals surface area contributed by atoms with Gasteiger partial charge in [0.1, 0.15) is 5.60 Å². The van der Waals surface area contributed by atoms with Gasteiger partial charge in [-0.2, -0.15) is 0 Å². The van der Waals surface area contributed by atoms with Gasteiger partial charge in [0.2, 0.25) is 0 Å². The molecule has 0 atom stereocenters. The van der Waals surface area contributed by atoms with Crippen molar-refractivity contribution in [3.63, 3.8) is 0 Å². The van der Waals surface area contributed by atoms with Gasteiger partial charge < -0.3 is 4.74 Å². The van der Waals surface area contributed by atoms with Crippen molar-refractivity contribution in [2.45, 2.75) is 51.0 Å². The van der Waals surface area contributed by atoms with Gasteiger partial charge in [-0.3, -0.25) is 4.79 Å². The Hall–Kier alpha value is -0.630. The molecule has 0 N–H and O–H groups in total. The molecule has 2 nitrogen and oxygen atoms in total. The number of hydrogen-bond acceptors (Lipinski definition) is 2. The molecule has 0 aliphatic heterocycles. The summed E-state index contributed by atoms with van der Waals surface area (Å²) in [6.07, 6.45) is 5.42. The lowest BCUT2D eigenvalue weighted by atomic mass is 9.92. The molecule has 0 heterocycles. The zero-order valence-electron chi connectivity index (χ0n) is 9.27. The normalized spacial score (nSPS) is 19.6. The Balaban J connectivity index is 2.52. The summed E-state index contributed by atoms with van der Waals surface area (Å²) in [5, 5.41) is 0. The van der Waals surface area contributed by atoms with Crippen LogP contribution in [0.1, 0.15) is 45.4 Å². The van der Waals surface area contributed by atoms with Crippen molar-refractivity contribution >= 4 is 5.78 Å². The van der Waals surface area contributed by atoms with Gasteiger partial charge >= 0.3 is 0 Å².